The summed E-state index contributed by atoms with van der Waals surface area (Å²) in [5.74, 6) is -0.0547. The molecule has 0 aromatic carbocycles. The Kier molecular flexibility index (Phi) is 6.67. The van der Waals surface area contributed by atoms with E-state index < -0.39 is 0 Å². The summed E-state index contributed by atoms with van der Waals surface area (Å²) in [4.78, 5) is 16.8. The summed E-state index contributed by atoms with van der Waals surface area (Å²) in [6.07, 6.45) is 3.35. The monoisotopic (exact) mass is 257 g/mol. The maximum Gasteiger partial charge on any atom is 0.237 e. The first-order chi connectivity index (χ1) is 8.67. The van der Waals surface area contributed by atoms with Gasteiger partial charge in [-0.25, -0.2) is 0 Å². The molecule has 1 heterocycles. The van der Waals surface area contributed by atoms with Crippen LogP contribution in [0, 0.1) is 0 Å². The maximum absolute atomic E-state index is 11.5. The molecule has 1 unspecified atom stereocenters. The lowest BCUT2D eigenvalue weighted by molar-refractivity contribution is -0.162. The van der Waals surface area contributed by atoms with Crippen molar-refractivity contribution in [2.75, 3.05) is 20.7 Å². The zero-order valence-corrected chi connectivity index (χ0v) is 11.4. The molecule has 0 aromatic rings. The Labute approximate surface area is 108 Å². The first kappa shape index (κ1) is 14.9. The van der Waals surface area contributed by atoms with E-state index in [9.17, 15) is 4.79 Å². The van der Waals surface area contributed by atoms with E-state index in [2.05, 4.69) is 15.8 Å². The molecule has 1 saturated heterocycles. The lowest BCUT2D eigenvalue weighted by Crippen LogP contribution is -2.42. The van der Waals surface area contributed by atoms with Gasteiger partial charge < -0.3 is 20.2 Å². The Morgan fingerprint density at radius 2 is 2.28 bits per heavy atom. The van der Waals surface area contributed by atoms with Gasteiger partial charge in [-0.2, -0.15) is 0 Å². The van der Waals surface area contributed by atoms with Crippen LogP contribution < -0.4 is 10.6 Å². The zero-order chi connectivity index (χ0) is 13.4. The van der Waals surface area contributed by atoms with Crippen molar-refractivity contribution >= 4 is 11.6 Å². The van der Waals surface area contributed by atoms with E-state index in [0.717, 1.165) is 31.6 Å². The Balaban J connectivity index is 2.37. The molecule has 0 aromatic heterocycles. The molecule has 0 aliphatic carbocycles. The average Bonchev–Trinajstić information content (AvgIpc) is 2.42. The molecule has 1 aliphatic rings. The van der Waals surface area contributed by atoms with Crippen molar-refractivity contribution in [1.29, 1.82) is 0 Å². The highest BCUT2D eigenvalue weighted by Gasteiger charge is 2.17. The molecule has 18 heavy (non-hydrogen) atoms. The molecule has 1 fully saturated rings. The number of likely N-dealkylation sites (N-methyl/N-ethyl adjacent to an activating group) is 2. The number of ether oxygens (including phenoxy) is 1. The van der Waals surface area contributed by atoms with E-state index in [4.69, 9.17) is 9.57 Å². The van der Waals surface area contributed by atoms with Crippen LogP contribution in [0.2, 0.25) is 0 Å². The van der Waals surface area contributed by atoms with Crippen molar-refractivity contribution < 1.29 is 14.4 Å². The van der Waals surface area contributed by atoms with Crippen molar-refractivity contribution in [1.82, 2.24) is 10.6 Å². The number of carbonyl (C=O) groups is 1. The van der Waals surface area contributed by atoms with Crippen LogP contribution in [0.25, 0.3) is 0 Å². The number of amides is 1. The smallest absolute Gasteiger partial charge is 0.237 e. The van der Waals surface area contributed by atoms with Gasteiger partial charge in [0.25, 0.3) is 0 Å². The second-order valence-corrected chi connectivity index (χ2v) is 4.39. The molecule has 0 bridgehead atoms. The quantitative estimate of drug-likeness (QED) is 0.541. The normalized spacial score (nSPS) is 22.4. The van der Waals surface area contributed by atoms with E-state index in [1.807, 2.05) is 6.92 Å². The summed E-state index contributed by atoms with van der Waals surface area (Å²) in [5.41, 5.74) is 0.770. The van der Waals surface area contributed by atoms with Crippen molar-refractivity contribution in [3.8, 4) is 0 Å². The van der Waals surface area contributed by atoms with Crippen LogP contribution in [0.3, 0.4) is 0 Å². The number of hydrogen-bond donors (Lipinski definition) is 2. The van der Waals surface area contributed by atoms with Gasteiger partial charge in [0.2, 0.25) is 12.2 Å². The summed E-state index contributed by atoms with van der Waals surface area (Å²) in [6, 6.07) is -0.283. The average molecular weight is 257 g/mol. The van der Waals surface area contributed by atoms with Crippen molar-refractivity contribution in [2.24, 2.45) is 5.16 Å². The largest absolute Gasteiger partial charge is 0.364 e. The van der Waals surface area contributed by atoms with E-state index in [-0.39, 0.29) is 18.2 Å². The molecule has 1 rings (SSSR count). The summed E-state index contributed by atoms with van der Waals surface area (Å²) in [6.45, 7) is 2.58. The third-order valence-electron chi connectivity index (χ3n) is 2.87. The predicted octanol–water partition coefficient (Wildman–Crippen LogP) is 0.630. The van der Waals surface area contributed by atoms with Crippen molar-refractivity contribution in [3.05, 3.63) is 0 Å². The molecular formula is C12H23N3O3. The standard InChI is InChI=1S/C12H23N3O3/c1-9(8-10(13-2)12(16)14-3)15-18-11-6-4-5-7-17-11/h10-11,13H,4-8H2,1-3H3,(H,14,16)/t10-,11?/m0/s1. The number of carbonyl (C=O) groups excluding carboxylic acids is 1. The van der Waals surface area contributed by atoms with Crippen LogP contribution in [0.15, 0.2) is 5.16 Å². The van der Waals surface area contributed by atoms with E-state index >= 15 is 0 Å². The van der Waals surface area contributed by atoms with Gasteiger partial charge in [-0.3, -0.25) is 4.79 Å². The number of oxime groups is 1. The van der Waals surface area contributed by atoms with E-state index in [1.54, 1.807) is 14.1 Å². The molecule has 2 N–H and O–H groups in total. The molecule has 0 saturated carbocycles. The molecular weight excluding hydrogens is 234 g/mol. The highest BCUT2D eigenvalue weighted by atomic mass is 16.8. The minimum atomic E-state index is -0.283. The Hall–Kier alpha value is -1.14. The van der Waals surface area contributed by atoms with E-state index in [0.29, 0.717) is 6.42 Å². The summed E-state index contributed by atoms with van der Waals surface area (Å²) >= 11 is 0. The molecule has 1 amide bonds. The van der Waals surface area contributed by atoms with E-state index in [1.165, 1.54) is 0 Å². The van der Waals surface area contributed by atoms with Crippen LogP contribution in [0.4, 0.5) is 0 Å². The van der Waals surface area contributed by atoms with Gasteiger partial charge in [0.15, 0.2) is 0 Å². The van der Waals surface area contributed by atoms with Gasteiger partial charge in [0.1, 0.15) is 0 Å². The van der Waals surface area contributed by atoms with Crippen LogP contribution in [-0.2, 0) is 14.4 Å². The highest BCUT2D eigenvalue weighted by molar-refractivity contribution is 5.90. The fourth-order valence-corrected chi connectivity index (χ4v) is 1.78. The molecule has 104 valence electrons. The molecule has 1 aliphatic heterocycles. The molecule has 0 spiro atoms. The summed E-state index contributed by atoms with van der Waals surface area (Å²) < 4.78 is 5.40. The Morgan fingerprint density at radius 1 is 1.50 bits per heavy atom. The number of nitrogens with zero attached hydrogens (tertiary/aromatic N) is 1. The molecule has 6 nitrogen and oxygen atoms in total. The maximum atomic E-state index is 11.5. The van der Waals surface area contributed by atoms with Crippen LogP contribution in [0.5, 0.6) is 0 Å². The number of nitrogens with one attached hydrogen (secondary N) is 2. The lowest BCUT2D eigenvalue weighted by Gasteiger charge is -2.20. The van der Waals surface area contributed by atoms with Crippen LogP contribution in [-0.4, -0.2) is 44.7 Å². The minimum Gasteiger partial charge on any atom is -0.364 e. The fraction of sp³-hybridized carbons (Fsp3) is 0.833. The third-order valence-corrected chi connectivity index (χ3v) is 2.87. The van der Waals surface area contributed by atoms with Gasteiger partial charge in [-0.15, -0.1) is 0 Å². The molecule has 6 heteroatoms. The second-order valence-electron chi connectivity index (χ2n) is 4.39. The Bertz CT molecular complexity index is 288. The number of rotatable bonds is 6. The third kappa shape index (κ3) is 5.01. The van der Waals surface area contributed by atoms with Gasteiger partial charge in [0.05, 0.1) is 18.4 Å². The zero-order valence-electron chi connectivity index (χ0n) is 11.4. The van der Waals surface area contributed by atoms with Crippen LogP contribution >= 0.6 is 0 Å². The van der Waals surface area contributed by atoms with Crippen molar-refractivity contribution in [3.63, 3.8) is 0 Å². The molecule has 0 radical (unpaired) electrons. The molecule has 2 atom stereocenters. The number of hydrogen-bond acceptors (Lipinski definition) is 5. The Morgan fingerprint density at radius 3 is 2.83 bits per heavy atom. The van der Waals surface area contributed by atoms with Crippen LogP contribution in [0.1, 0.15) is 32.6 Å². The predicted molar refractivity (Wildman–Crippen MR) is 69.3 cm³/mol. The first-order valence-electron chi connectivity index (χ1n) is 6.37. The van der Waals surface area contributed by atoms with Gasteiger partial charge in [0, 0.05) is 19.9 Å². The second kappa shape index (κ2) is 8.05. The highest BCUT2D eigenvalue weighted by Crippen LogP contribution is 2.14. The minimum absolute atomic E-state index is 0.0547. The first-order valence-corrected chi connectivity index (χ1v) is 6.37. The van der Waals surface area contributed by atoms with Gasteiger partial charge in [-0.1, -0.05) is 5.16 Å². The SMILES string of the molecule is CNC(=O)[C@H](CC(C)=NOC1CCCCO1)NC. The summed E-state index contributed by atoms with van der Waals surface area (Å²) in [7, 11) is 3.36. The fourth-order valence-electron chi connectivity index (χ4n) is 1.78. The topological polar surface area (TPSA) is 72.0 Å². The lowest BCUT2D eigenvalue weighted by atomic mass is 10.1. The van der Waals surface area contributed by atoms with Gasteiger partial charge in [-0.05, 0) is 26.8 Å². The van der Waals surface area contributed by atoms with Crippen molar-refractivity contribution in [2.45, 2.75) is 44.9 Å². The van der Waals surface area contributed by atoms with Gasteiger partial charge >= 0.3 is 0 Å². The summed E-state index contributed by atoms with van der Waals surface area (Å²) in [5, 5.41) is 9.57.